The molecular weight excluding hydrogens is 213 g/mol. The molecule has 2 rings (SSSR count). The highest BCUT2D eigenvalue weighted by molar-refractivity contribution is 5.20. The summed E-state index contributed by atoms with van der Waals surface area (Å²) in [4.78, 5) is 0. The molecule has 1 N–H and O–H groups in total. The molecule has 1 aliphatic rings. The first-order chi connectivity index (χ1) is 8.20. The van der Waals surface area contributed by atoms with Crippen LogP contribution in [0.15, 0.2) is 24.3 Å². The van der Waals surface area contributed by atoms with Crippen molar-refractivity contribution in [2.75, 3.05) is 7.05 Å². The summed E-state index contributed by atoms with van der Waals surface area (Å²) in [6.07, 6.45) is 5.25. The van der Waals surface area contributed by atoms with Crippen LogP contribution in [-0.2, 0) is 0 Å². The first-order valence-corrected chi connectivity index (χ1v) is 6.63. The van der Waals surface area contributed by atoms with Gasteiger partial charge in [0.1, 0.15) is 5.82 Å². The number of nitrogens with one attached hydrogen (secondary N) is 1. The van der Waals surface area contributed by atoms with Crippen molar-refractivity contribution in [1.29, 1.82) is 0 Å². The molecule has 2 heteroatoms. The minimum absolute atomic E-state index is 0.152. The predicted molar refractivity (Wildman–Crippen MR) is 69.3 cm³/mol. The molecule has 3 atom stereocenters. The SMILES string of the molecule is CNC(c1ccc(F)cc1)C1CCCC(C)C1. The highest BCUT2D eigenvalue weighted by Gasteiger charge is 2.26. The molecular formula is C15H22FN. The van der Waals surface area contributed by atoms with Gasteiger partial charge in [0, 0.05) is 6.04 Å². The van der Waals surface area contributed by atoms with E-state index in [4.69, 9.17) is 0 Å². The van der Waals surface area contributed by atoms with Gasteiger partial charge >= 0.3 is 0 Å². The lowest BCUT2D eigenvalue weighted by Crippen LogP contribution is -2.28. The van der Waals surface area contributed by atoms with Gasteiger partial charge in [0.05, 0.1) is 0 Å². The van der Waals surface area contributed by atoms with E-state index in [1.54, 1.807) is 12.1 Å². The fourth-order valence-corrected chi connectivity index (χ4v) is 3.13. The molecule has 0 spiro atoms. The third-order valence-electron chi connectivity index (χ3n) is 3.99. The molecule has 0 amide bonds. The normalized spacial score (nSPS) is 26.8. The summed E-state index contributed by atoms with van der Waals surface area (Å²) in [5.41, 5.74) is 1.22. The van der Waals surface area contributed by atoms with Crippen molar-refractivity contribution in [2.45, 2.75) is 38.6 Å². The van der Waals surface area contributed by atoms with Gasteiger partial charge in [-0.3, -0.25) is 0 Å². The van der Waals surface area contributed by atoms with Gasteiger partial charge in [0.25, 0.3) is 0 Å². The summed E-state index contributed by atoms with van der Waals surface area (Å²) in [6, 6.07) is 7.32. The van der Waals surface area contributed by atoms with Gasteiger partial charge in [-0.1, -0.05) is 31.9 Å². The molecule has 0 bridgehead atoms. The summed E-state index contributed by atoms with van der Waals surface area (Å²) in [6.45, 7) is 2.34. The smallest absolute Gasteiger partial charge is 0.123 e. The van der Waals surface area contributed by atoms with Gasteiger partial charge in [0.15, 0.2) is 0 Å². The summed E-state index contributed by atoms with van der Waals surface area (Å²) in [5.74, 6) is 1.36. The van der Waals surface area contributed by atoms with Gasteiger partial charge in [0.2, 0.25) is 0 Å². The molecule has 0 aromatic heterocycles. The average Bonchev–Trinajstić information content (AvgIpc) is 2.33. The summed E-state index contributed by atoms with van der Waals surface area (Å²) in [5, 5.41) is 3.41. The van der Waals surface area contributed by atoms with Crippen LogP contribution < -0.4 is 5.32 Å². The van der Waals surface area contributed by atoms with Gasteiger partial charge in [-0.2, -0.15) is 0 Å². The van der Waals surface area contributed by atoms with Crippen LogP contribution in [0.2, 0.25) is 0 Å². The minimum atomic E-state index is -0.152. The van der Waals surface area contributed by atoms with Gasteiger partial charge in [-0.05, 0) is 49.4 Å². The Morgan fingerprint density at radius 1 is 1.24 bits per heavy atom. The van der Waals surface area contributed by atoms with Crippen LogP contribution in [0, 0.1) is 17.7 Å². The number of hydrogen-bond donors (Lipinski definition) is 1. The van der Waals surface area contributed by atoms with E-state index in [2.05, 4.69) is 12.2 Å². The molecule has 1 aromatic carbocycles. The zero-order chi connectivity index (χ0) is 12.3. The van der Waals surface area contributed by atoms with Crippen LogP contribution in [0.1, 0.15) is 44.2 Å². The number of rotatable bonds is 3. The van der Waals surface area contributed by atoms with E-state index in [9.17, 15) is 4.39 Å². The Balaban J connectivity index is 2.12. The molecule has 3 unspecified atom stereocenters. The second-order valence-corrected chi connectivity index (χ2v) is 5.35. The molecule has 1 aliphatic carbocycles. The molecule has 0 aliphatic heterocycles. The maximum absolute atomic E-state index is 12.9. The first kappa shape index (κ1) is 12.6. The number of hydrogen-bond acceptors (Lipinski definition) is 1. The third kappa shape index (κ3) is 3.06. The Morgan fingerprint density at radius 2 is 1.94 bits per heavy atom. The van der Waals surface area contributed by atoms with Crippen molar-refractivity contribution < 1.29 is 4.39 Å². The molecule has 1 aromatic rings. The van der Waals surface area contributed by atoms with E-state index < -0.39 is 0 Å². The Hall–Kier alpha value is -0.890. The number of halogens is 1. The van der Waals surface area contributed by atoms with Crippen LogP contribution in [0.5, 0.6) is 0 Å². The first-order valence-electron chi connectivity index (χ1n) is 6.63. The fraction of sp³-hybridized carbons (Fsp3) is 0.600. The molecule has 1 saturated carbocycles. The largest absolute Gasteiger partial charge is 0.313 e. The van der Waals surface area contributed by atoms with Gasteiger partial charge in [-0.15, -0.1) is 0 Å². The minimum Gasteiger partial charge on any atom is -0.313 e. The zero-order valence-corrected chi connectivity index (χ0v) is 10.7. The standard InChI is InChI=1S/C15H22FN/c1-11-4-3-5-13(10-11)15(17-2)12-6-8-14(16)9-7-12/h6-9,11,13,15,17H,3-5,10H2,1-2H3. The monoisotopic (exact) mass is 235 g/mol. The van der Waals surface area contributed by atoms with Gasteiger partial charge in [-0.25, -0.2) is 4.39 Å². The third-order valence-corrected chi connectivity index (χ3v) is 3.99. The Bertz CT molecular complexity index is 346. The lowest BCUT2D eigenvalue weighted by molar-refractivity contribution is 0.230. The molecule has 1 fully saturated rings. The molecule has 1 nitrogen and oxygen atoms in total. The zero-order valence-electron chi connectivity index (χ0n) is 10.7. The van der Waals surface area contributed by atoms with E-state index in [-0.39, 0.29) is 5.82 Å². The molecule has 0 heterocycles. The maximum Gasteiger partial charge on any atom is 0.123 e. The van der Waals surface area contributed by atoms with Crippen molar-refractivity contribution in [2.24, 2.45) is 11.8 Å². The summed E-state index contributed by atoms with van der Waals surface area (Å²) in [7, 11) is 2.01. The summed E-state index contributed by atoms with van der Waals surface area (Å²) >= 11 is 0. The van der Waals surface area contributed by atoms with E-state index in [0.717, 1.165) is 5.92 Å². The molecule has 17 heavy (non-hydrogen) atoms. The van der Waals surface area contributed by atoms with Crippen LogP contribution >= 0.6 is 0 Å². The number of benzene rings is 1. The van der Waals surface area contributed by atoms with E-state index in [1.165, 1.54) is 31.2 Å². The van der Waals surface area contributed by atoms with Crippen LogP contribution in [0.3, 0.4) is 0 Å². The molecule has 0 radical (unpaired) electrons. The van der Waals surface area contributed by atoms with Gasteiger partial charge < -0.3 is 5.32 Å². The Labute approximate surface area is 103 Å². The quantitative estimate of drug-likeness (QED) is 0.837. The second-order valence-electron chi connectivity index (χ2n) is 5.35. The highest BCUT2D eigenvalue weighted by atomic mass is 19.1. The topological polar surface area (TPSA) is 12.0 Å². The molecule has 94 valence electrons. The van der Waals surface area contributed by atoms with E-state index >= 15 is 0 Å². The Kier molecular flexibility index (Phi) is 4.16. The van der Waals surface area contributed by atoms with Crippen molar-refractivity contribution in [3.8, 4) is 0 Å². The van der Waals surface area contributed by atoms with Crippen molar-refractivity contribution >= 4 is 0 Å². The Morgan fingerprint density at radius 3 is 2.53 bits per heavy atom. The average molecular weight is 235 g/mol. The lowest BCUT2D eigenvalue weighted by atomic mass is 9.77. The fourth-order valence-electron chi connectivity index (χ4n) is 3.13. The maximum atomic E-state index is 12.9. The van der Waals surface area contributed by atoms with Crippen molar-refractivity contribution in [3.63, 3.8) is 0 Å². The lowest BCUT2D eigenvalue weighted by Gasteiger charge is -2.33. The van der Waals surface area contributed by atoms with Crippen LogP contribution in [0.4, 0.5) is 4.39 Å². The molecule has 0 saturated heterocycles. The summed E-state index contributed by atoms with van der Waals surface area (Å²) < 4.78 is 12.9. The van der Waals surface area contributed by atoms with E-state index in [1.807, 2.05) is 19.2 Å². The highest BCUT2D eigenvalue weighted by Crippen LogP contribution is 2.36. The van der Waals surface area contributed by atoms with E-state index in [0.29, 0.717) is 12.0 Å². The van der Waals surface area contributed by atoms with Crippen molar-refractivity contribution in [3.05, 3.63) is 35.6 Å². The van der Waals surface area contributed by atoms with Crippen LogP contribution in [-0.4, -0.2) is 7.05 Å². The second kappa shape index (κ2) is 5.63. The van der Waals surface area contributed by atoms with Crippen LogP contribution in [0.25, 0.3) is 0 Å². The predicted octanol–water partition coefficient (Wildman–Crippen LogP) is 3.91. The van der Waals surface area contributed by atoms with Crippen molar-refractivity contribution in [1.82, 2.24) is 5.32 Å².